The fourth-order valence-electron chi connectivity index (χ4n) is 4.18. The number of carbonyl (C=O) groups is 1. The molecule has 1 saturated carbocycles. The van der Waals surface area contributed by atoms with Gasteiger partial charge in [-0.1, -0.05) is 24.1 Å². The predicted octanol–water partition coefficient (Wildman–Crippen LogP) is 5.41. The molecule has 0 spiro atoms. The first-order chi connectivity index (χ1) is 17.5. The largest absolute Gasteiger partial charge is 0.493 e. The smallest absolute Gasteiger partial charge is 0.326 e. The number of nitrogens with one attached hydrogen (secondary N) is 2. The highest BCUT2D eigenvalue weighted by molar-refractivity contribution is 6.12. The number of anilines is 2. The van der Waals surface area contributed by atoms with Crippen LogP contribution in [-0.2, 0) is 9.47 Å². The van der Waals surface area contributed by atoms with Crippen molar-refractivity contribution in [2.24, 2.45) is 9.98 Å². The minimum atomic E-state index is -0.459. The lowest BCUT2D eigenvalue weighted by Gasteiger charge is -2.18. The highest BCUT2D eigenvalue weighted by atomic mass is 16.5. The average molecular weight is 492 g/mol. The van der Waals surface area contributed by atoms with Crippen LogP contribution in [0.15, 0.2) is 80.0 Å². The third kappa shape index (κ3) is 5.65. The van der Waals surface area contributed by atoms with Gasteiger partial charge in [0.1, 0.15) is 5.75 Å². The molecule has 10 nitrogen and oxygen atoms in total. The van der Waals surface area contributed by atoms with Gasteiger partial charge in [-0.25, -0.2) is 9.79 Å². The number of hydrogen-bond acceptors (Lipinski definition) is 8. The molecule has 10 heteroatoms. The predicted molar refractivity (Wildman–Crippen MR) is 138 cm³/mol. The molecule has 2 aliphatic carbocycles. The first-order valence-corrected chi connectivity index (χ1v) is 11.6. The Balaban J connectivity index is 1.46. The van der Waals surface area contributed by atoms with E-state index in [1.54, 1.807) is 63.8 Å². The van der Waals surface area contributed by atoms with E-state index in [1.165, 1.54) is 12.8 Å². The SMILES string of the molecule is C=N/C(Oc1cccc(NC(=O)Nc2cc(C3CCCC3)no2)c1)=C1/C=C(OC)C(OC)=CC1=NC. The average Bonchev–Trinajstić information content (AvgIpc) is 3.59. The quantitative estimate of drug-likeness (QED) is 0.376. The van der Waals surface area contributed by atoms with Gasteiger partial charge >= 0.3 is 6.03 Å². The topological polar surface area (TPSA) is 120 Å². The van der Waals surface area contributed by atoms with Gasteiger partial charge in [-0.2, -0.15) is 0 Å². The molecule has 2 aliphatic rings. The second-order valence-corrected chi connectivity index (χ2v) is 8.22. The molecule has 1 aromatic carbocycles. The van der Waals surface area contributed by atoms with E-state index < -0.39 is 6.03 Å². The molecule has 36 heavy (non-hydrogen) atoms. The third-order valence-corrected chi connectivity index (χ3v) is 5.96. The summed E-state index contributed by atoms with van der Waals surface area (Å²) in [6.07, 6.45) is 8.03. The van der Waals surface area contributed by atoms with E-state index in [1.807, 2.05) is 0 Å². The number of urea groups is 1. The van der Waals surface area contributed by atoms with Gasteiger partial charge in [0.15, 0.2) is 11.5 Å². The fraction of sp³-hybridized carbons (Fsp3) is 0.308. The zero-order chi connectivity index (χ0) is 25.5. The van der Waals surface area contributed by atoms with E-state index in [9.17, 15) is 4.79 Å². The number of aliphatic imine (C=N–C) groups is 2. The number of hydrogen-bond donors (Lipinski definition) is 2. The number of nitrogens with zero attached hydrogens (tertiary/aromatic N) is 3. The Hall–Kier alpha value is -4.34. The van der Waals surface area contributed by atoms with E-state index in [-0.39, 0.29) is 5.88 Å². The first kappa shape index (κ1) is 24.8. The van der Waals surface area contributed by atoms with Crippen molar-refractivity contribution in [2.75, 3.05) is 31.9 Å². The van der Waals surface area contributed by atoms with Gasteiger partial charge in [-0.05, 0) is 37.8 Å². The Morgan fingerprint density at radius 3 is 2.56 bits per heavy atom. The lowest BCUT2D eigenvalue weighted by Crippen LogP contribution is -2.19. The number of rotatable bonds is 8. The van der Waals surface area contributed by atoms with Crippen LogP contribution < -0.4 is 15.4 Å². The highest BCUT2D eigenvalue weighted by Crippen LogP contribution is 2.34. The van der Waals surface area contributed by atoms with Crippen molar-refractivity contribution in [3.05, 3.63) is 71.2 Å². The van der Waals surface area contributed by atoms with Crippen molar-refractivity contribution in [2.45, 2.75) is 31.6 Å². The molecule has 2 N–H and O–H groups in total. The maximum Gasteiger partial charge on any atom is 0.326 e. The Morgan fingerprint density at radius 2 is 1.86 bits per heavy atom. The zero-order valence-corrected chi connectivity index (χ0v) is 20.5. The van der Waals surface area contributed by atoms with Crippen molar-refractivity contribution in [1.29, 1.82) is 0 Å². The summed E-state index contributed by atoms with van der Waals surface area (Å²) in [4.78, 5) is 20.8. The number of ether oxygens (including phenoxy) is 3. The van der Waals surface area contributed by atoms with Gasteiger partial charge in [0.2, 0.25) is 11.8 Å². The zero-order valence-electron chi connectivity index (χ0n) is 20.5. The molecule has 0 atom stereocenters. The van der Waals surface area contributed by atoms with Gasteiger partial charge in [-0.3, -0.25) is 10.3 Å². The molecular formula is C26H29N5O5. The van der Waals surface area contributed by atoms with Gasteiger partial charge < -0.3 is 24.1 Å². The van der Waals surface area contributed by atoms with Crippen LogP contribution >= 0.6 is 0 Å². The third-order valence-electron chi connectivity index (χ3n) is 5.96. The molecule has 2 aromatic rings. The van der Waals surface area contributed by atoms with Crippen molar-refractivity contribution in [3.63, 3.8) is 0 Å². The van der Waals surface area contributed by atoms with E-state index in [0.29, 0.717) is 46.0 Å². The molecular weight excluding hydrogens is 462 g/mol. The summed E-state index contributed by atoms with van der Waals surface area (Å²) in [5.41, 5.74) is 2.56. The molecule has 0 aliphatic heterocycles. The van der Waals surface area contributed by atoms with E-state index in [2.05, 4.69) is 32.5 Å². The Bertz CT molecular complexity index is 1250. The number of amides is 2. The van der Waals surface area contributed by atoms with Crippen LogP contribution in [0.2, 0.25) is 0 Å². The fourth-order valence-corrected chi connectivity index (χ4v) is 4.18. The molecule has 2 amide bonds. The number of carbonyl (C=O) groups excluding carboxylic acids is 1. The molecule has 1 fully saturated rings. The monoisotopic (exact) mass is 491 g/mol. The lowest BCUT2D eigenvalue weighted by atomic mass is 10.0. The Morgan fingerprint density at radius 1 is 1.11 bits per heavy atom. The van der Waals surface area contributed by atoms with Crippen LogP contribution in [-0.4, -0.2) is 44.9 Å². The molecule has 0 radical (unpaired) electrons. The van der Waals surface area contributed by atoms with E-state index in [4.69, 9.17) is 18.7 Å². The van der Waals surface area contributed by atoms with Gasteiger partial charge in [0.25, 0.3) is 0 Å². The summed E-state index contributed by atoms with van der Waals surface area (Å²) in [5, 5.41) is 9.55. The minimum Gasteiger partial charge on any atom is -0.493 e. The minimum absolute atomic E-state index is 0.222. The summed E-state index contributed by atoms with van der Waals surface area (Å²) < 4.78 is 22.0. The Labute approximate surface area is 209 Å². The molecule has 0 unspecified atom stereocenters. The van der Waals surface area contributed by atoms with E-state index in [0.717, 1.165) is 18.5 Å². The second kappa shape index (κ2) is 11.4. The standard InChI is InChI=1S/C26H29N5O5/c1-27-21-14-23(34-4)22(33-3)13-19(21)25(28-2)35-18-11-7-10-17(12-18)29-26(32)30-24-15-20(31-36-24)16-8-5-6-9-16/h7,10-16H,2,5-6,8-9H2,1,3-4H3,(H2,29,30,32)/b25-19+,27-21?. The molecule has 188 valence electrons. The number of aromatic nitrogens is 1. The molecule has 1 heterocycles. The maximum absolute atomic E-state index is 12.5. The van der Waals surface area contributed by atoms with Crippen LogP contribution in [0, 0.1) is 0 Å². The normalized spacial score (nSPS) is 18.2. The van der Waals surface area contributed by atoms with Gasteiger partial charge in [0, 0.05) is 36.9 Å². The van der Waals surface area contributed by atoms with Crippen LogP contribution in [0.25, 0.3) is 0 Å². The Kier molecular flexibility index (Phi) is 7.84. The van der Waals surface area contributed by atoms with Crippen LogP contribution in [0.5, 0.6) is 5.75 Å². The lowest BCUT2D eigenvalue weighted by molar-refractivity contribution is 0.220. The van der Waals surface area contributed by atoms with Gasteiger partial charge in [-0.15, -0.1) is 0 Å². The molecule has 4 rings (SSSR count). The maximum atomic E-state index is 12.5. The summed E-state index contributed by atoms with van der Waals surface area (Å²) in [5.74, 6) is 2.40. The summed E-state index contributed by atoms with van der Waals surface area (Å²) in [6.45, 7) is 3.63. The van der Waals surface area contributed by atoms with Crippen LogP contribution in [0.1, 0.15) is 37.3 Å². The number of benzene rings is 1. The first-order valence-electron chi connectivity index (χ1n) is 11.6. The molecule has 0 saturated heterocycles. The van der Waals surface area contributed by atoms with Crippen LogP contribution in [0.3, 0.4) is 0 Å². The second-order valence-electron chi connectivity index (χ2n) is 8.22. The van der Waals surface area contributed by atoms with Crippen molar-refractivity contribution in [1.82, 2.24) is 5.16 Å². The highest BCUT2D eigenvalue weighted by Gasteiger charge is 2.23. The molecule has 0 bridgehead atoms. The van der Waals surface area contributed by atoms with Gasteiger partial charge in [0.05, 0.1) is 31.2 Å². The van der Waals surface area contributed by atoms with E-state index >= 15 is 0 Å². The summed E-state index contributed by atoms with van der Waals surface area (Å²) in [6, 6.07) is 8.21. The number of allylic oxidation sites excluding steroid dienone is 3. The number of methoxy groups -OCH3 is 2. The summed E-state index contributed by atoms with van der Waals surface area (Å²) >= 11 is 0. The van der Waals surface area contributed by atoms with Crippen molar-refractivity contribution in [3.8, 4) is 5.75 Å². The molecule has 1 aromatic heterocycles. The summed E-state index contributed by atoms with van der Waals surface area (Å²) in [7, 11) is 4.75. The van der Waals surface area contributed by atoms with Crippen molar-refractivity contribution >= 4 is 30.0 Å². The van der Waals surface area contributed by atoms with Crippen LogP contribution in [0.4, 0.5) is 16.4 Å². The van der Waals surface area contributed by atoms with Crippen molar-refractivity contribution < 1.29 is 23.5 Å².